The molecule has 0 aromatic heterocycles. The fourth-order valence-corrected chi connectivity index (χ4v) is 0.723. The fraction of sp³-hybridized carbons (Fsp3) is 0.286. The maximum absolute atomic E-state index is 10.2. The van der Waals surface area contributed by atoms with E-state index in [0.29, 0.717) is 0 Å². The van der Waals surface area contributed by atoms with E-state index in [1.165, 1.54) is 6.26 Å². The lowest BCUT2D eigenvalue weighted by atomic mass is 10.4. The molecule has 0 spiro atoms. The molecule has 0 aliphatic carbocycles. The average Bonchev–Trinajstić information content (AvgIpc) is 2.06. The Hall–Kier alpha value is -1.00. The van der Waals surface area contributed by atoms with Crippen molar-refractivity contribution in [3.63, 3.8) is 0 Å². The van der Waals surface area contributed by atoms with Crippen LogP contribution in [0.2, 0.25) is 0 Å². The van der Waals surface area contributed by atoms with Crippen LogP contribution in [0.15, 0.2) is 24.5 Å². The minimum absolute atomic E-state index is 0.714. The van der Waals surface area contributed by atoms with E-state index in [9.17, 15) is 4.79 Å². The molecule has 0 aromatic carbocycles. The van der Waals surface area contributed by atoms with E-state index >= 15 is 0 Å². The first kappa shape index (κ1) is 9.09. The summed E-state index contributed by atoms with van der Waals surface area (Å²) < 4.78 is 9.62. The first-order valence-electron chi connectivity index (χ1n) is 3.21. The summed E-state index contributed by atoms with van der Waals surface area (Å²) in [5.74, 6) is -1.23. The van der Waals surface area contributed by atoms with Crippen molar-refractivity contribution in [1.29, 1.82) is 0 Å². The van der Waals surface area contributed by atoms with Gasteiger partial charge in [-0.1, -0.05) is 17.7 Å². The van der Waals surface area contributed by atoms with Gasteiger partial charge in [0.1, 0.15) is 0 Å². The SMILES string of the molecule is O=C(O)C(Cl)OC1C=CC=CO1. The number of aliphatic carboxylic acids is 1. The molecule has 4 nitrogen and oxygen atoms in total. The molecular formula is C7H7ClO4. The van der Waals surface area contributed by atoms with Crippen LogP contribution >= 0.6 is 11.6 Å². The summed E-state index contributed by atoms with van der Waals surface area (Å²) in [6.45, 7) is 0. The second-order valence-corrected chi connectivity index (χ2v) is 2.40. The number of ether oxygens (including phenoxy) is 2. The largest absolute Gasteiger partial charge is 0.478 e. The zero-order valence-electron chi connectivity index (χ0n) is 6.01. The molecule has 1 rings (SSSR count). The smallest absolute Gasteiger partial charge is 0.348 e. The lowest BCUT2D eigenvalue weighted by molar-refractivity contribution is -0.156. The van der Waals surface area contributed by atoms with Crippen molar-refractivity contribution in [2.45, 2.75) is 11.9 Å². The predicted molar refractivity (Wildman–Crippen MR) is 41.5 cm³/mol. The Morgan fingerprint density at radius 3 is 2.92 bits per heavy atom. The minimum Gasteiger partial charge on any atom is -0.478 e. The van der Waals surface area contributed by atoms with E-state index in [2.05, 4.69) is 0 Å². The third kappa shape index (κ3) is 2.56. The Labute approximate surface area is 74.0 Å². The van der Waals surface area contributed by atoms with E-state index in [1.54, 1.807) is 18.2 Å². The van der Waals surface area contributed by atoms with E-state index in [4.69, 9.17) is 26.2 Å². The van der Waals surface area contributed by atoms with Crippen molar-refractivity contribution in [3.05, 3.63) is 24.5 Å². The molecule has 0 aromatic rings. The number of alkyl halides is 1. The predicted octanol–water partition coefficient (Wildman–Crippen LogP) is 1.08. The standard InChI is InChI=1S/C7H7ClO4/c8-6(7(9)10)12-5-3-1-2-4-11-5/h1-6H,(H,9,10). The number of rotatable bonds is 3. The number of carbonyl (C=O) groups is 1. The normalized spacial score (nSPS) is 23.2. The zero-order valence-corrected chi connectivity index (χ0v) is 6.77. The number of carboxylic acid groups (broad SMARTS) is 1. The summed E-state index contributed by atoms with van der Waals surface area (Å²) in [5.41, 5.74) is -1.38. The fourth-order valence-electron chi connectivity index (χ4n) is 0.622. The molecule has 1 heterocycles. The highest BCUT2D eigenvalue weighted by molar-refractivity contribution is 6.28. The third-order valence-electron chi connectivity index (χ3n) is 1.12. The topological polar surface area (TPSA) is 55.8 Å². The Kier molecular flexibility index (Phi) is 3.13. The molecule has 0 radical (unpaired) electrons. The molecule has 1 N–H and O–H groups in total. The van der Waals surface area contributed by atoms with Crippen molar-refractivity contribution >= 4 is 17.6 Å². The van der Waals surface area contributed by atoms with Gasteiger partial charge in [-0.2, -0.15) is 0 Å². The Balaban J connectivity index is 2.36. The molecule has 5 heteroatoms. The highest BCUT2D eigenvalue weighted by Gasteiger charge is 2.19. The van der Waals surface area contributed by atoms with E-state index in [1.807, 2.05) is 0 Å². The van der Waals surface area contributed by atoms with Gasteiger partial charge in [0, 0.05) is 0 Å². The second-order valence-electron chi connectivity index (χ2n) is 2.01. The molecule has 0 saturated carbocycles. The number of halogens is 1. The first-order chi connectivity index (χ1) is 5.70. The van der Waals surface area contributed by atoms with Gasteiger partial charge < -0.3 is 14.6 Å². The minimum atomic E-state index is -1.38. The van der Waals surface area contributed by atoms with Crippen LogP contribution in [-0.2, 0) is 14.3 Å². The van der Waals surface area contributed by atoms with Gasteiger partial charge in [0.15, 0.2) is 0 Å². The summed E-state index contributed by atoms with van der Waals surface area (Å²) in [4.78, 5) is 10.2. The number of allylic oxidation sites excluding steroid dienone is 2. The first-order valence-corrected chi connectivity index (χ1v) is 3.65. The molecule has 0 fully saturated rings. The molecular weight excluding hydrogens is 184 g/mol. The quantitative estimate of drug-likeness (QED) is 0.677. The maximum atomic E-state index is 10.2. The molecule has 1 aliphatic heterocycles. The van der Waals surface area contributed by atoms with Crippen LogP contribution in [0.1, 0.15) is 0 Å². The highest BCUT2D eigenvalue weighted by Crippen LogP contribution is 2.09. The van der Waals surface area contributed by atoms with Gasteiger partial charge >= 0.3 is 5.97 Å². The average molecular weight is 191 g/mol. The van der Waals surface area contributed by atoms with Crippen molar-refractivity contribution in [1.82, 2.24) is 0 Å². The van der Waals surface area contributed by atoms with Crippen molar-refractivity contribution in [2.24, 2.45) is 0 Å². The van der Waals surface area contributed by atoms with Crippen LogP contribution in [0.3, 0.4) is 0 Å². The second kappa shape index (κ2) is 4.13. The van der Waals surface area contributed by atoms with Gasteiger partial charge in [0.25, 0.3) is 0 Å². The van der Waals surface area contributed by atoms with Crippen LogP contribution in [-0.4, -0.2) is 22.9 Å². The number of hydrogen-bond donors (Lipinski definition) is 1. The third-order valence-corrected chi connectivity index (χ3v) is 1.41. The molecule has 0 saturated heterocycles. The van der Waals surface area contributed by atoms with Crippen LogP contribution in [0.4, 0.5) is 0 Å². The van der Waals surface area contributed by atoms with Gasteiger partial charge in [-0.15, -0.1) is 0 Å². The Morgan fingerprint density at radius 1 is 1.67 bits per heavy atom. The lowest BCUT2D eigenvalue weighted by Crippen LogP contribution is -2.24. The lowest BCUT2D eigenvalue weighted by Gasteiger charge is -2.16. The summed E-state index contributed by atoms with van der Waals surface area (Å²) >= 11 is 5.29. The monoisotopic (exact) mass is 190 g/mol. The zero-order chi connectivity index (χ0) is 8.97. The molecule has 66 valence electrons. The van der Waals surface area contributed by atoms with Gasteiger partial charge in [-0.05, 0) is 12.2 Å². The van der Waals surface area contributed by atoms with Gasteiger partial charge in [-0.25, -0.2) is 4.79 Å². The van der Waals surface area contributed by atoms with Crippen LogP contribution in [0.25, 0.3) is 0 Å². The van der Waals surface area contributed by atoms with Gasteiger partial charge in [-0.3, -0.25) is 0 Å². The molecule has 0 amide bonds. The van der Waals surface area contributed by atoms with E-state index in [-0.39, 0.29) is 0 Å². The Bertz CT molecular complexity index is 223. The number of carboxylic acids is 1. The summed E-state index contributed by atoms with van der Waals surface area (Å²) in [6, 6.07) is 0. The summed E-state index contributed by atoms with van der Waals surface area (Å²) in [5, 5.41) is 8.36. The van der Waals surface area contributed by atoms with Crippen molar-refractivity contribution in [2.75, 3.05) is 0 Å². The molecule has 2 atom stereocenters. The van der Waals surface area contributed by atoms with Crippen molar-refractivity contribution < 1.29 is 19.4 Å². The molecule has 12 heavy (non-hydrogen) atoms. The number of hydrogen-bond acceptors (Lipinski definition) is 3. The van der Waals surface area contributed by atoms with Crippen LogP contribution < -0.4 is 0 Å². The highest BCUT2D eigenvalue weighted by atomic mass is 35.5. The molecule has 1 aliphatic rings. The van der Waals surface area contributed by atoms with Gasteiger partial charge in [0.2, 0.25) is 11.9 Å². The molecule has 0 bridgehead atoms. The van der Waals surface area contributed by atoms with Crippen LogP contribution in [0.5, 0.6) is 0 Å². The maximum Gasteiger partial charge on any atom is 0.348 e. The Morgan fingerprint density at radius 2 is 2.42 bits per heavy atom. The van der Waals surface area contributed by atoms with Crippen LogP contribution in [0, 0.1) is 0 Å². The molecule has 2 unspecified atom stereocenters. The van der Waals surface area contributed by atoms with Gasteiger partial charge in [0.05, 0.1) is 6.26 Å². The summed E-state index contributed by atoms with van der Waals surface area (Å²) in [7, 11) is 0. The van der Waals surface area contributed by atoms with E-state index in [0.717, 1.165) is 0 Å². The van der Waals surface area contributed by atoms with Crippen molar-refractivity contribution in [3.8, 4) is 0 Å². The summed E-state index contributed by atoms with van der Waals surface area (Å²) in [6.07, 6.45) is 5.58. The van der Waals surface area contributed by atoms with E-state index < -0.39 is 17.8 Å².